The second-order valence-corrected chi connectivity index (χ2v) is 11.5. The summed E-state index contributed by atoms with van der Waals surface area (Å²) in [4.78, 5) is 30.2. The highest BCUT2D eigenvalue weighted by Gasteiger charge is 2.28. The molecule has 4 rings (SSSR count). The van der Waals surface area contributed by atoms with Gasteiger partial charge in [0.25, 0.3) is 21.1 Å². The van der Waals surface area contributed by atoms with E-state index in [0.717, 1.165) is 12.3 Å². The average Bonchev–Trinajstić information content (AvgIpc) is 3.16. The van der Waals surface area contributed by atoms with Crippen LogP contribution >= 0.6 is 0 Å². The van der Waals surface area contributed by atoms with Crippen LogP contribution in [0.1, 0.15) is 20.3 Å². The molecular formula is C19H22N6O6S2. The first-order chi connectivity index (χ1) is 15.4. The predicted octanol–water partition coefficient (Wildman–Crippen LogP) is -0.538. The number of fused-ring (bicyclic) bond motifs is 2. The summed E-state index contributed by atoms with van der Waals surface area (Å²) in [7, 11) is -7.85. The van der Waals surface area contributed by atoms with Crippen LogP contribution < -0.4 is 31.1 Å². The molecule has 3 N–H and O–H groups in total. The number of anilines is 2. The molecule has 1 aromatic carbocycles. The fourth-order valence-electron chi connectivity index (χ4n) is 3.48. The van der Waals surface area contributed by atoms with E-state index in [1.807, 2.05) is 13.8 Å². The number of sulfonamides is 2. The fourth-order valence-corrected chi connectivity index (χ4v) is 5.26. The van der Waals surface area contributed by atoms with Crippen LogP contribution in [0, 0.1) is 5.92 Å². The summed E-state index contributed by atoms with van der Waals surface area (Å²) in [6, 6.07) is 3.85. The Hall–Kier alpha value is -3.39. The van der Waals surface area contributed by atoms with Gasteiger partial charge in [0, 0.05) is 24.6 Å². The number of nitrogens with one attached hydrogen (secondary N) is 3. The molecule has 1 aliphatic heterocycles. The van der Waals surface area contributed by atoms with Crippen LogP contribution in [-0.2, 0) is 26.6 Å². The van der Waals surface area contributed by atoms with Crippen LogP contribution in [0.2, 0.25) is 0 Å². The van der Waals surface area contributed by atoms with Crippen LogP contribution in [-0.4, -0.2) is 37.0 Å². The number of nitrogens with zero attached hydrogens (tertiary/aromatic N) is 3. The van der Waals surface area contributed by atoms with E-state index in [0.29, 0.717) is 13.0 Å². The molecule has 0 amide bonds. The van der Waals surface area contributed by atoms with Gasteiger partial charge in [-0.25, -0.2) is 21.8 Å². The van der Waals surface area contributed by atoms with E-state index in [1.165, 1.54) is 33.5 Å². The van der Waals surface area contributed by atoms with Gasteiger partial charge in [0.2, 0.25) is 15.8 Å². The van der Waals surface area contributed by atoms with Gasteiger partial charge < -0.3 is 5.32 Å². The van der Waals surface area contributed by atoms with E-state index in [1.54, 1.807) is 0 Å². The second kappa shape index (κ2) is 7.88. The molecule has 0 unspecified atom stereocenters. The van der Waals surface area contributed by atoms with Crippen molar-refractivity contribution in [2.45, 2.75) is 31.7 Å². The Morgan fingerprint density at radius 2 is 1.91 bits per heavy atom. The van der Waals surface area contributed by atoms with Gasteiger partial charge in [0.1, 0.15) is 15.9 Å². The lowest BCUT2D eigenvalue weighted by molar-refractivity contribution is 0.508. The molecule has 0 atom stereocenters. The largest absolute Gasteiger partial charge is 0.339 e. The molecule has 0 bridgehead atoms. The fraction of sp³-hybridized carbons (Fsp3) is 0.316. The SMILES string of the molecule is CC(C)CCn1c(=O)/c(=C2\Nc3ccc(NS(C)(=O)=O)cc3S(=O)(=O)N2)c(=O)n2ccnc12. The molecular weight excluding hydrogens is 472 g/mol. The summed E-state index contributed by atoms with van der Waals surface area (Å²) < 4.78 is 55.8. The van der Waals surface area contributed by atoms with Gasteiger partial charge in [-0.05, 0) is 30.5 Å². The summed E-state index contributed by atoms with van der Waals surface area (Å²) in [5, 5.41) is 2.41. The molecule has 0 radical (unpaired) electrons. The minimum absolute atomic E-state index is 0.0484. The Kier molecular flexibility index (Phi) is 5.44. The maximum absolute atomic E-state index is 13.3. The summed E-state index contributed by atoms with van der Waals surface area (Å²) >= 11 is 0. The Labute approximate surface area is 189 Å². The number of aryl methyl sites for hydroxylation is 1. The van der Waals surface area contributed by atoms with Crippen molar-refractivity contribution in [3.8, 4) is 0 Å². The third-order valence-electron chi connectivity index (χ3n) is 5.00. The molecule has 0 saturated carbocycles. The smallest absolute Gasteiger partial charge is 0.274 e. The maximum atomic E-state index is 13.3. The molecule has 0 fully saturated rings. The van der Waals surface area contributed by atoms with Gasteiger partial charge in [-0.3, -0.25) is 28.0 Å². The predicted molar refractivity (Wildman–Crippen MR) is 123 cm³/mol. The average molecular weight is 495 g/mol. The number of aromatic nitrogens is 3. The van der Waals surface area contributed by atoms with Gasteiger partial charge in [-0.2, -0.15) is 0 Å². The normalized spacial score (nSPS) is 16.8. The minimum atomic E-state index is -4.23. The molecule has 0 aliphatic carbocycles. The van der Waals surface area contributed by atoms with Crippen molar-refractivity contribution < 1.29 is 16.8 Å². The van der Waals surface area contributed by atoms with Crippen LogP contribution in [0.5, 0.6) is 0 Å². The van der Waals surface area contributed by atoms with Crippen LogP contribution in [0.25, 0.3) is 11.6 Å². The van der Waals surface area contributed by atoms with Crippen molar-refractivity contribution in [2.75, 3.05) is 16.3 Å². The molecule has 3 aromatic rings. The zero-order chi connectivity index (χ0) is 24.1. The van der Waals surface area contributed by atoms with E-state index in [9.17, 15) is 26.4 Å². The summed E-state index contributed by atoms with van der Waals surface area (Å²) in [6.45, 7) is 4.28. The zero-order valence-corrected chi connectivity index (χ0v) is 19.6. The van der Waals surface area contributed by atoms with Gasteiger partial charge in [0.05, 0.1) is 11.9 Å². The Balaban J connectivity index is 1.94. The number of hydrogen-bond donors (Lipinski definition) is 3. The Morgan fingerprint density at radius 1 is 1.18 bits per heavy atom. The second-order valence-electron chi connectivity index (χ2n) is 8.11. The van der Waals surface area contributed by atoms with E-state index < -0.39 is 31.2 Å². The molecule has 14 heteroatoms. The number of rotatable bonds is 5. The third kappa shape index (κ3) is 4.30. The quantitative estimate of drug-likeness (QED) is 0.426. The van der Waals surface area contributed by atoms with Crippen molar-refractivity contribution in [3.05, 3.63) is 56.5 Å². The Morgan fingerprint density at radius 3 is 2.58 bits per heavy atom. The van der Waals surface area contributed by atoms with E-state index in [-0.39, 0.29) is 39.0 Å². The molecule has 33 heavy (non-hydrogen) atoms. The van der Waals surface area contributed by atoms with Gasteiger partial charge >= 0.3 is 0 Å². The molecule has 3 heterocycles. The molecule has 0 saturated heterocycles. The van der Waals surface area contributed by atoms with Crippen molar-refractivity contribution in [3.63, 3.8) is 0 Å². The van der Waals surface area contributed by atoms with Crippen molar-refractivity contribution >= 4 is 43.0 Å². The van der Waals surface area contributed by atoms with Crippen LogP contribution in [0.3, 0.4) is 0 Å². The lowest BCUT2D eigenvalue weighted by atomic mass is 10.1. The van der Waals surface area contributed by atoms with Crippen LogP contribution in [0.15, 0.2) is 45.1 Å². The van der Waals surface area contributed by atoms with Crippen molar-refractivity contribution in [1.29, 1.82) is 0 Å². The molecule has 0 spiro atoms. The number of benzene rings is 1. The summed E-state index contributed by atoms with van der Waals surface area (Å²) in [6.07, 6.45) is 4.38. The van der Waals surface area contributed by atoms with Crippen LogP contribution in [0.4, 0.5) is 11.4 Å². The topological polar surface area (TPSA) is 161 Å². The zero-order valence-electron chi connectivity index (χ0n) is 18.0. The highest BCUT2D eigenvalue weighted by atomic mass is 32.2. The first-order valence-electron chi connectivity index (χ1n) is 9.93. The van der Waals surface area contributed by atoms with Gasteiger partial charge in [0.15, 0.2) is 0 Å². The number of hydrogen-bond acceptors (Lipinski definition) is 8. The highest BCUT2D eigenvalue weighted by molar-refractivity contribution is 7.92. The minimum Gasteiger partial charge on any atom is -0.339 e. The van der Waals surface area contributed by atoms with Crippen molar-refractivity contribution in [1.82, 2.24) is 18.7 Å². The van der Waals surface area contributed by atoms with Gasteiger partial charge in [-0.1, -0.05) is 13.8 Å². The molecule has 2 aromatic heterocycles. The lowest BCUT2D eigenvalue weighted by Gasteiger charge is -2.23. The monoisotopic (exact) mass is 494 g/mol. The van der Waals surface area contributed by atoms with E-state index in [4.69, 9.17) is 0 Å². The first-order valence-corrected chi connectivity index (χ1v) is 13.3. The van der Waals surface area contributed by atoms with E-state index in [2.05, 4.69) is 19.7 Å². The lowest BCUT2D eigenvalue weighted by Crippen LogP contribution is -2.53. The molecule has 12 nitrogen and oxygen atoms in total. The van der Waals surface area contributed by atoms with Gasteiger partial charge in [-0.15, -0.1) is 0 Å². The first kappa shape index (κ1) is 22.8. The summed E-state index contributed by atoms with van der Waals surface area (Å²) in [5.74, 6) is 0.170. The summed E-state index contributed by atoms with van der Waals surface area (Å²) in [5.41, 5.74) is -1.27. The molecule has 176 valence electrons. The highest BCUT2D eigenvalue weighted by Crippen LogP contribution is 2.30. The molecule has 1 aliphatic rings. The standard InChI is InChI=1S/C19H22N6O6S2/c1-11(2)6-8-24-17(26)15(18(27)25-9-7-20-19(24)25)16-21-13-5-4-12(22-32(3,28)29)10-14(13)33(30,31)23-16/h4-5,7,9-11,21-23H,6,8H2,1-3H3/b16-15-. The van der Waals surface area contributed by atoms with Crippen molar-refractivity contribution in [2.24, 2.45) is 5.92 Å². The van der Waals surface area contributed by atoms with E-state index >= 15 is 0 Å². The number of imidazole rings is 1. The maximum Gasteiger partial charge on any atom is 0.274 e. The Bertz CT molecular complexity index is 1650. The third-order valence-corrected chi connectivity index (χ3v) is 7.00.